The van der Waals surface area contributed by atoms with E-state index in [1.165, 1.54) is 27.8 Å². The lowest BCUT2D eigenvalue weighted by atomic mass is 10.1. The minimum absolute atomic E-state index is 0.163. The number of hydrogen-bond donors (Lipinski definition) is 0. The van der Waals surface area contributed by atoms with Crippen LogP contribution in [-0.2, 0) is 16.6 Å². The Bertz CT molecular complexity index is 1370. The molecular formula is C25H27N3O4S2. The largest absolute Gasteiger partial charge is 0.467 e. The molecule has 0 fully saturated rings. The van der Waals surface area contributed by atoms with Crippen molar-refractivity contribution in [1.82, 2.24) is 9.29 Å². The monoisotopic (exact) mass is 497 g/mol. The lowest BCUT2D eigenvalue weighted by molar-refractivity contribution is 0.0983. The third-order valence-corrected chi connectivity index (χ3v) is 9.02. The summed E-state index contributed by atoms with van der Waals surface area (Å²) in [6.45, 7) is 8.60. The standard InChI is InChI=1S/C25H27N3O4S2/c1-5-27(6-2)34(30,31)21-13-11-19(12-14-21)24(29)28(16-20-8-7-15-32-20)25-26-22-17(3)9-10-18(4)23(22)33-25/h7-15H,5-6,16H2,1-4H3. The van der Waals surface area contributed by atoms with E-state index >= 15 is 0 Å². The summed E-state index contributed by atoms with van der Waals surface area (Å²) in [5, 5.41) is 0.564. The van der Waals surface area contributed by atoms with Crippen molar-refractivity contribution >= 4 is 42.6 Å². The number of carbonyl (C=O) groups excluding carboxylic acids is 1. The number of rotatable bonds is 8. The van der Waals surface area contributed by atoms with Gasteiger partial charge in [-0.1, -0.05) is 37.3 Å². The van der Waals surface area contributed by atoms with Gasteiger partial charge in [-0.2, -0.15) is 4.31 Å². The van der Waals surface area contributed by atoms with Gasteiger partial charge in [0.15, 0.2) is 5.13 Å². The maximum atomic E-state index is 13.6. The van der Waals surface area contributed by atoms with Crippen LogP contribution in [0.5, 0.6) is 0 Å². The van der Waals surface area contributed by atoms with E-state index in [0.717, 1.165) is 21.3 Å². The van der Waals surface area contributed by atoms with Gasteiger partial charge in [-0.15, -0.1) is 0 Å². The van der Waals surface area contributed by atoms with Gasteiger partial charge in [-0.3, -0.25) is 9.69 Å². The van der Waals surface area contributed by atoms with Crippen LogP contribution in [0.1, 0.15) is 41.1 Å². The number of nitrogens with zero attached hydrogens (tertiary/aromatic N) is 3. The fourth-order valence-corrected chi connectivity index (χ4v) is 6.35. The van der Waals surface area contributed by atoms with Gasteiger partial charge in [-0.25, -0.2) is 13.4 Å². The van der Waals surface area contributed by atoms with Crippen molar-refractivity contribution in [2.75, 3.05) is 18.0 Å². The number of amides is 1. The van der Waals surface area contributed by atoms with Crippen LogP contribution in [0, 0.1) is 13.8 Å². The number of fused-ring (bicyclic) bond motifs is 1. The Morgan fingerprint density at radius 2 is 1.68 bits per heavy atom. The molecule has 178 valence electrons. The molecule has 0 unspecified atom stereocenters. The van der Waals surface area contributed by atoms with Crippen molar-refractivity contribution in [1.29, 1.82) is 0 Å². The van der Waals surface area contributed by atoms with Gasteiger partial charge in [0.05, 0.1) is 27.9 Å². The van der Waals surface area contributed by atoms with Crippen molar-refractivity contribution < 1.29 is 17.6 Å². The first kappa shape index (κ1) is 24.1. The second-order valence-electron chi connectivity index (χ2n) is 7.96. The fourth-order valence-electron chi connectivity index (χ4n) is 3.79. The molecule has 0 saturated carbocycles. The highest BCUT2D eigenvalue weighted by molar-refractivity contribution is 7.89. The zero-order valence-corrected chi connectivity index (χ0v) is 21.2. The van der Waals surface area contributed by atoms with E-state index in [4.69, 9.17) is 9.40 Å². The Kier molecular flexibility index (Phi) is 6.88. The number of furan rings is 1. The Morgan fingerprint density at radius 1 is 1.00 bits per heavy atom. The van der Waals surface area contributed by atoms with Crippen LogP contribution in [-0.4, -0.2) is 36.7 Å². The Hall–Kier alpha value is -3.01. The molecule has 0 aliphatic rings. The average Bonchev–Trinajstić information content (AvgIpc) is 3.51. The summed E-state index contributed by atoms with van der Waals surface area (Å²) < 4.78 is 33.6. The molecule has 4 rings (SSSR count). The van der Waals surface area contributed by atoms with Crippen LogP contribution >= 0.6 is 11.3 Å². The third-order valence-electron chi connectivity index (χ3n) is 5.75. The van der Waals surface area contributed by atoms with Crippen molar-refractivity contribution in [3.05, 3.63) is 77.2 Å². The van der Waals surface area contributed by atoms with Crippen LogP contribution < -0.4 is 4.90 Å². The van der Waals surface area contributed by atoms with Crippen LogP contribution in [0.2, 0.25) is 0 Å². The predicted molar refractivity (Wildman–Crippen MR) is 135 cm³/mol. The first-order valence-corrected chi connectivity index (χ1v) is 13.3. The topological polar surface area (TPSA) is 83.7 Å². The Morgan fingerprint density at radius 3 is 2.26 bits per heavy atom. The minimum atomic E-state index is -3.60. The lowest BCUT2D eigenvalue weighted by Crippen LogP contribution is -2.31. The normalized spacial score (nSPS) is 11.9. The van der Waals surface area contributed by atoms with Gasteiger partial charge < -0.3 is 4.42 Å². The summed E-state index contributed by atoms with van der Waals surface area (Å²) in [6, 6.07) is 13.7. The fraction of sp³-hybridized carbons (Fsp3) is 0.280. The molecule has 4 aromatic rings. The highest BCUT2D eigenvalue weighted by Crippen LogP contribution is 2.34. The highest BCUT2D eigenvalue weighted by Gasteiger charge is 2.25. The summed E-state index contributed by atoms with van der Waals surface area (Å²) >= 11 is 1.46. The molecule has 2 aromatic heterocycles. The molecular weight excluding hydrogens is 470 g/mol. The van der Waals surface area contributed by atoms with Crippen molar-refractivity contribution in [2.45, 2.75) is 39.1 Å². The van der Waals surface area contributed by atoms with Crippen molar-refractivity contribution in [3.63, 3.8) is 0 Å². The summed E-state index contributed by atoms with van der Waals surface area (Å²) in [5.41, 5.74) is 3.39. The Balaban J connectivity index is 1.72. The molecule has 0 aliphatic carbocycles. The van der Waals surface area contributed by atoms with Gasteiger partial charge in [-0.05, 0) is 61.4 Å². The maximum Gasteiger partial charge on any atom is 0.260 e. The van der Waals surface area contributed by atoms with Crippen LogP contribution in [0.15, 0.2) is 64.1 Å². The number of benzene rings is 2. The quantitative estimate of drug-likeness (QED) is 0.326. The van der Waals surface area contributed by atoms with E-state index in [0.29, 0.717) is 29.5 Å². The first-order valence-electron chi connectivity index (χ1n) is 11.1. The lowest BCUT2D eigenvalue weighted by Gasteiger charge is -2.20. The number of aryl methyl sites for hydroxylation is 2. The van der Waals surface area contributed by atoms with Crippen LogP contribution in [0.25, 0.3) is 10.2 Å². The maximum absolute atomic E-state index is 13.6. The zero-order chi connectivity index (χ0) is 24.5. The van der Waals surface area contributed by atoms with Crippen molar-refractivity contribution in [3.8, 4) is 0 Å². The van der Waals surface area contributed by atoms with Crippen LogP contribution in [0.3, 0.4) is 0 Å². The van der Waals surface area contributed by atoms with Gasteiger partial charge >= 0.3 is 0 Å². The van der Waals surface area contributed by atoms with E-state index < -0.39 is 10.0 Å². The van der Waals surface area contributed by atoms with Gasteiger partial charge in [0.2, 0.25) is 10.0 Å². The number of thiazole rings is 1. The highest BCUT2D eigenvalue weighted by atomic mass is 32.2. The summed E-state index contributed by atoms with van der Waals surface area (Å²) in [5.74, 6) is 0.347. The number of aromatic nitrogens is 1. The summed E-state index contributed by atoms with van der Waals surface area (Å²) in [4.78, 5) is 20.1. The van der Waals surface area contributed by atoms with Gasteiger partial charge in [0.25, 0.3) is 5.91 Å². The average molecular weight is 498 g/mol. The number of hydrogen-bond acceptors (Lipinski definition) is 6. The Labute approximate surface area is 203 Å². The molecule has 2 aromatic carbocycles. The van der Waals surface area contributed by atoms with E-state index in [-0.39, 0.29) is 17.3 Å². The SMILES string of the molecule is CCN(CC)S(=O)(=O)c1ccc(C(=O)N(Cc2ccco2)c2nc3c(C)ccc(C)c3s2)cc1. The molecule has 9 heteroatoms. The van der Waals surface area contributed by atoms with E-state index in [9.17, 15) is 13.2 Å². The molecule has 0 bridgehead atoms. The first-order chi connectivity index (χ1) is 16.3. The van der Waals surface area contributed by atoms with E-state index in [2.05, 4.69) is 0 Å². The third kappa shape index (κ3) is 4.51. The smallest absolute Gasteiger partial charge is 0.260 e. The van der Waals surface area contributed by atoms with Crippen molar-refractivity contribution in [2.24, 2.45) is 0 Å². The number of carbonyl (C=O) groups is 1. The molecule has 0 N–H and O–H groups in total. The molecule has 2 heterocycles. The van der Waals surface area contributed by atoms with Gasteiger partial charge in [0, 0.05) is 18.7 Å². The molecule has 0 aliphatic heterocycles. The predicted octanol–water partition coefficient (Wildman–Crippen LogP) is 5.38. The summed E-state index contributed by atoms with van der Waals surface area (Å²) in [6.07, 6.45) is 1.57. The van der Waals surface area contributed by atoms with E-state index in [1.807, 2.05) is 32.0 Å². The molecule has 0 saturated heterocycles. The second kappa shape index (κ2) is 9.69. The van der Waals surface area contributed by atoms with Crippen LogP contribution in [0.4, 0.5) is 5.13 Å². The molecule has 1 amide bonds. The molecule has 7 nitrogen and oxygen atoms in total. The molecule has 0 radical (unpaired) electrons. The molecule has 34 heavy (non-hydrogen) atoms. The summed E-state index contributed by atoms with van der Waals surface area (Å²) in [7, 11) is -3.60. The number of anilines is 1. The second-order valence-corrected chi connectivity index (χ2v) is 10.9. The van der Waals surface area contributed by atoms with E-state index in [1.54, 1.807) is 43.2 Å². The molecule has 0 spiro atoms. The molecule has 0 atom stereocenters. The minimum Gasteiger partial charge on any atom is -0.467 e. The number of sulfonamides is 1. The zero-order valence-electron chi connectivity index (χ0n) is 19.6. The van der Waals surface area contributed by atoms with Gasteiger partial charge in [0.1, 0.15) is 5.76 Å².